The molecule has 0 amide bonds. The van der Waals surface area contributed by atoms with Crippen LogP contribution in [0.15, 0.2) is 0 Å². The maximum absolute atomic E-state index is 8.48. The van der Waals surface area contributed by atoms with Crippen molar-refractivity contribution in [3.63, 3.8) is 0 Å². The number of rotatable bonds is 3. The van der Waals surface area contributed by atoms with E-state index in [-0.39, 0.29) is 12.2 Å². The summed E-state index contributed by atoms with van der Waals surface area (Å²) in [4.78, 5) is 0. The maximum atomic E-state index is 8.48. The molecule has 1 heterocycles. The molecule has 3 heteroatoms. The van der Waals surface area contributed by atoms with Gasteiger partial charge in [0, 0.05) is 0 Å². The Labute approximate surface area is 60.5 Å². The zero-order valence-electron chi connectivity index (χ0n) is 6.04. The van der Waals surface area contributed by atoms with E-state index in [0.29, 0.717) is 13.2 Å². The average molecular weight is 141 g/mol. The third kappa shape index (κ3) is 1.69. The van der Waals surface area contributed by atoms with E-state index < -0.39 is 0 Å². The Morgan fingerprint density at radius 2 is 2.50 bits per heavy atom. The topological polar surface area (TPSA) is 42.2 Å². The smallest absolute Gasteiger partial charge is 0.144 e. The summed E-state index contributed by atoms with van der Waals surface area (Å²) in [6.45, 7) is 3.24. The quantitative estimate of drug-likeness (QED) is 0.581. The fourth-order valence-electron chi connectivity index (χ4n) is 0.743. The largest absolute Gasteiger partial charge is 0.376 e. The summed E-state index contributed by atoms with van der Waals surface area (Å²) in [6.07, 6.45) is 0.686. The summed E-state index contributed by atoms with van der Waals surface area (Å²) in [5.74, 6) is 0. The number of hydrogen-bond donors (Lipinski definition) is 0. The maximum Gasteiger partial charge on any atom is 0.144 e. The molecule has 1 aliphatic heterocycles. The first-order chi connectivity index (χ1) is 4.86. The Morgan fingerprint density at radius 1 is 1.80 bits per heavy atom. The molecule has 3 nitrogen and oxygen atoms in total. The molecule has 1 unspecified atom stereocenters. The molecule has 0 N–H and O–H groups in total. The van der Waals surface area contributed by atoms with Gasteiger partial charge in [0.1, 0.15) is 12.2 Å². The lowest BCUT2D eigenvalue weighted by atomic mass is 10.2. The first-order valence-electron chi connectivity index (χ1n) is 3.49. The van der Waals surface area contributed by atoms with E-state index in [1.165, 1.54) is 0 Å². The van der Waals surface area contributed by atoms with Crippen molar-refractivity contribution in [3.05, 3.63) is 0 Å². The van der Waals surface area contributed by atoms with Gasteiger partial charge in [-0.25, -0.2) is 0 Å². The highest BCUT2D eigenvalue weighted by molar-refractivity contribution is 4.84. The molecule has 0 saturated carbocycles. The summed E-state index contributed by atoms with van der Waals surface area (Å²) in [6, 6.07) is 2.07. The molecule has 0 aliphatic carbocycles. The minimum absolute atomic E-state index is 0.171. The van der Waals surface area contributed by atoms with Gasteiger partial charge in [-0.05, 0) is 6.42 Å². The lowest BCUT2D eigenvalue weighted by Gasteiger charge is -2.27. The number of ether oxygens (including phenoxy) is 2. The second kappa shape index (κ2) is 3.55. The lowest BCUT2D eigenvalue weighted by Crippen LogP contribution is -2.38. The van der Waals surface area contributed by atoms with Crippen molar-refractivity contribution < 1.29 is 9.47 Å². The first kappa shape index (κ1) is 7.52. The Balaban J connectivity index is 2.15. The van der Waals surface area contributed by atoms with Crippen LogP contribution in [0.2, 0.25) is 0 Å². The number of hydrogen-bond acceptors (Lipinski definition) is 3. The first-order valence-corrected chi connectivity index (χ1v) is 3.49. The van der Waals surface area contributed by atoms with Crippen LogP contribution < -0.4 is 0 Å². The third-order valence-electron chi connectivity index (χ3n) is 1.48. The predicted molar refractivity (Wildman–Crippen MR) is 35.4 cm³/mol. The molecule has 0 spiro atoms. The van der Waals surface area contributed by atoms with Crippen LogP contribution >= 0.6 is 0 Å². The van der Waals surface area contributed by atoms with Gasteiger partial charge in [-0.15, -0.1) is 0 Å². The number of nitriles is 1. The molecule has 1 fully saturated rings. The Hall–Kier alpha value is -0.590. The van der Waals surface area contributed by atoms with Crippen molar-refractivity contribution in [2.24, 2.45) is 0 Å². The molecule has 1 aliphatic rings. The van der Waals surface area contributed by atoms with E-state index in [4.69, 9.17) is 14.7 Å². The average Bonchev–Trinajstić information content (AvgIpc) is 1.87. The molecule has 1 atom stereocenters. The minimum Gasteiger partial charge on any atom is -0.376 e. The SMILES string of the molecule is CCC(C#N)OC1COC1. The van der Waals surface area contributed by atoms with E-state index in [2.05, 4.69) is 6.07 Å². The van der Waals surface area contributed by atoms with E-state index in [0.717, 1.165) is 6.42 Å². The lowest BCUT2D eigenvalue weighted by molar-refractivity contribution is -0.143. The van der Waals surface area contributed by atoms with Gasteiger partial charge in [0.2, 0.25) is 0 Å². The fourth-order valence-corrected chi connectivity index (χ4v) is 0.743. The van der Waals surface area contributed by atoms with Crippen LogP contribution in [0.4, 0.5) is 0 Å². The standard InChI is InChI=1S/C7H11NO2/c1-2-6(3-8)10-7-4-9-5-7/h6-7H,2,4-5H2,1H3. The zero-order chi connectivity index (χ0) is 7.40. The van der Waals surface area contributed by atoms with Crippen molar-refractivity contribution in [2.45, 2.75) is 25.6 Å². The van der Waals surface area contributed by atoms with Crippen molar-refractivity contribution >= 4 is 0 Å². The molecular formula is C7H11NO2. The normalized spacial score (nSPS) is 21.2. The van der Waals surface area contributed by atoms with Crippen LogP contribution in [0.1, 0.15) is 13.3 Å². The van der Waals surface area contributed by atoms with Crippen LogP contribution in [-0.2, 0) is 9.47 Å². The second-order valence-electron chi connectivity index (χ2n) is 2.32. The van der Waals surface area contributed by atoms with Crippen LogP contribution in [0.3, 0.4) is 0 Å². The summed E-state index contributed by atoms with van der Waals surface area (Å²) in [7, 11) is 0. The Morgan fingerprint density at radius 3 is 2.80 bits per heavy atom. The highest BCUT2D eigenvalue weighted by Gasteiger charge is 2.22. The highest BCUT2D eigenvalue weighted by atomic mass is 16.6. The summed E-state index contributed by atoms with van der Waals surface area (Å²) >= 11 is 0. The molecule has 0 bridgehead atoms. The van der Waals surface area contributed by atoms with Gasteiger partial charge in [-0.1, -0.05) is 6.92 Å². The Kier molecular flexibility index (Phi) is 2.67. The van der Waals surface area contributed by atoms with Gasteiger partial charge >= 0.3 is 0 Å². The molecule has 10 heavy (non-hydrogen) atoms. The van der Waals surface area contributed by atoms with Crippen molar-refractivity contribution in [1.29, 1.82) is 5.26 Å². The summed E-state index contributed by atoms with van der Waals surface area (Å²) < 4.78 is 10.2. The van der Waals surface area contributed by atoms with Crippen molar-refractivity contribution in [3.8, 4) is 6.07 Å². The zero-order valence-corrected chi connectivity index (χ0v) is 6.04. The van der Waals surface area contributed by atoms with E-state index in [9.17, 15) is 0 Å². The molecule has 56 valence electrons. The molecule has 0 aromatic carbocycles. The fraction of sp³-hybridized carbons (Fsp3) is 0.857. The summed E-state index contributed by atoms with van der Waals surface area (Å²) in [5, 5.41) is 8.48. The molecule has 0 radical (unpaired) electrons. The van der Waals surface area contributed by atoms with Crippen molar-refractivity contribution in [1.82, 2.24) is 0 Å². The van der Waals surface area contributed by atoms with E-state index >= 15 is 0 Å². The van der Waals surface area contributed by atoms with Gasteiger partial charge in [-0.3, -0.25) is 0 Å². The molecule has 0 aromatic heterocycles. The second-order valence-corrected chi connectivity index (χ2v) is 2.32. The highest BCUT2D eigenvalue weighted by Crippen LogP contribution is 2.09. The predicted octanol–water partition coefficient (Wildman–Crippen LogP) is 0.704. The van der Waals surface area contributed by atoms with Crippen LogP contribution in [0, 0.1) is 11.3 Å². The van der Waals surface area contributed by atoms with Gasteiger partial charge < -0.3 is 9.47 Å². The molecule has 0 aromatic rings. The van der Waals surface area contributed by atoms with E-state index in [1.54, 1.807) is 0 Å². The third-order valence-corrected chi connectivity index (χ3v) is 1.48. The van der Waals surface area contributed by atoms with E-state index in [1.807, 2.05) is 6.92 Å². The Bertz CT molecular complexity index is 137. The van der Waals surface area contributed by atoms with Crippen molar-refractivity contribution in [2.75, 3.05) is 13.2 Å². The number of nitrogens with zero attached hydrogens (tertiary/aromatic N) is 1. The van der Waals surface area contributed by atoms with Gasteiger partial charge in [0.15, 0.2) is 0 Å². The van der Waals surface area contributed by atoms with Gasteiger partial charge in [0.05, 0.1) is 19.3 Å². The molecular weight excluding hydrogens is 130 g/mol. The van der Waals surface area contributed by atoms with Crippen LogP contribution in [0.5, 0.6) is 0 Å². The summed E-state index contributed by atoms with van der Waals surface area (Å²) in [5.41, 5.74) is 0. The van der Waals surface area contributed by atoms with Crippen LogP contribution in [-0.4, -0.2) is 25.4 Å². The van der Waals surface area contributed by atoms with Gasteiger partial charge in [-0.2, -0.15) is 5.26 Å². The van der Waals surface area contributed by atoms with Crippen LogP contribution in [0.25, 0.3) is 0 Å². The molecule has 1 saturated heterocycles. The van der Waals surface area contributed by atoms with Gasteiger partial charge in [0.25, 0.3) is 0 Å². The minimum atomic E-state index is -0.242. The monoisotopic (exact) mass is 141 g/mol. The molecule has 1 rings (SSSR count).